The van der Waals surface area contributed by atoms with Crippen LogP contribution in [0.4, 0.5) is 5.69 Å². The van der Waals surface area contributed by atoms with Crippen LogP contribution in [0.15, 0.2) is 23.7 Å². The van der Waals surface area contributed by atoms with Crippen LogP contribution in [-0.4, -0.2) is 22.7 Å². The molecule has 0 aliphatic rings. The molecule has 0 aromatic carbocycles. The van der Waals surface area contributed by atoms with Crippen molar-refractivity contribution in [2.45, 2.75) is 32.8 Å². The largest absolute Gasteiger partial charge is 0.391 e. The van der Waals surface area contributed by atoms with Crippen molar-refractivity contribution < 1.29 is 5.11 Å². The van der Waals surface area contributed by atoms with Crippen LogP contribution in [0.5, 0.6) is 0 Å². The third-order valence-corrected chi connectivity index (χ3v) is 4.38. The number of hydrogen-bond donors (Lipinski definition) is 2. The highest BCUT2D eigenvalue weighted by molar-refractivity contribution is 7.17. The number of anilines is 1. The molecule has 0 bridgehead atoms. The number of rotatable bonds is 6. The van der Waals surface area contributed by atoms with Crippen LogP contribution < -0.4 is 5.32 Å². The second-order valence-electron chi connectivity index (χ2n) is 4.52. The molecule has 3 nitrogen and oxygen atoms in total. The molecule has 0 spiro atoms. The Morgan fingerprint density at radius 1 is 1.33 bits per heavy atom. The monoisotopic (exact) mass is 264 g/mol. The van der Waals surface area contributed by atoms with Gasteiger partial charge in [-0.05, 0) is 23.4 Å². The topological polar surface area (TPSA) is 45.1 Å². The minimum absolute atomic E-state index is 0.289. The second-order valence-corrected chi connectivity index (χ2v) is 5.43. The molecular formula is C14H20N2OS. The lowest BCUT2D eigenvalue weighted by molar-refractivity contribution is 0.114. The van der Waals surface area contributed by atoms with Gasteiger partial charge < -0.3 is 10.4 Å². The van der Waals surface area contributed by atoms with Crippen LogP contribution in [0, 0.1) is 5.92 Å². The van der Waals surface area contributed by atoms with E-state index in [0.717, 1.165) is 28.7 Å². The van der Waals surface area contributed by atoms with E-state index in [9.17, 15) is 5.11 Å². The van der Waals surface area contributed by atoms with Crippen molar-refractivity contribution in [3.05, 3.63) is 23.7 Å². The van der Waals surface area contributed by atoms with Gasteiger partial charge in [0, 0.05) is 12.7 Å². The first-order chi connectivity index (χ1) is 8.76. The molecule has 18 heavy (non-hydrogen) atoms. The van der Waals surface area contributed by atoms with Crippen LogP contribution >= 0.6 is 11.3 Å². The zero-order valence-corrected chi connectivity index (χ0v) is 11.7. The molecule has 2 aromatic rings. The minimum atomic E-state index is -0.289. The molecule has 0 saturated carbocycles. The molecule has 98 valence electrons. The van der Waals surface area contributed by atoms with E-state index in [2.05, 4.69) is 24.1 Å². The van der Waals surface area contributed by atoms with Crippen molar-refractivity contribution in [3.63, 3.8) is 0 Å². The molecule has 2 aromatic heterocycles. The molecule has 0 fully saturated rings. The predicted molar refractivity (Wildman–Crippen MR) is 78.2 cm³/mol. The van der Waals surface area contributed by atoms with Crippen LogP contribution in [0.1, 0.15) is 26.7 Å². The summed E-state index contributed by atoms with van der Waals surface area (Å²) in [5.41, 5.74) is 2.09. The normalized spacial score (nSPS) is 13.1. The summed E-state index contributed by atoms with van der Waals surface area (Å²) in [7, 11) is 0. The molecule has 0 amide bonds. The highest BCUT2D eigenvalue weighted by Gasteiger charge is 2.15. The first-order valence-electron chi connectivity index (χ1n) is 6.50. The molecule has 1 unspecified atom stereocenters. The highest BCUT2D eigenvalue weighted by Crippen LogP contribution is 2.27. The SMILES string of the molecule is CCC(CC)C(O)CNc1ccnc2ccsc12. The zero-order valence-electron chi connectivity index (χ0n) is 10.9. The quantitative estimate of drug-likeness (QED) is 0.839. The van der Waals surface area contributed by atoms with E-state index >= 15 is 0 Å². The summed E-state index contributed by atoms with van der Waals surface area (Å²) < 4.78 is 1.16. The van der Waals surface area contributed by atoms with Crippen LogP contribution in [-0.2, 0) is 0 Å². The van der Waals surface area contributed by atoms with Gasteiger partial charge in [0.15, 0.2) is 0 Å². The Bertz CT molecular complexity index is 493. The first kappa shape index (κ1) is 13.3. The molecule has 2 heterocycles. The molecule has 4 heteroatoms. The van der Waals surface area contributed by atoms with Crippen LogP contribution in [0.3, 0.4) is 0 Å². The maximum Gasteiger partial charge on any atom is 0.0830 e. The number of nitrogens with zero attached hydrogens (tertiary/aromatic N) is 1. The maximum absolute atomic E-state index is 10.1. The number of hydrogen-bond acceptors (Lipinski definition) is 4. The summed E-state index contributed by atoms with van der Waals surface area (Å²) in [5, 5.41) is 15.5. The standard InChI is InChI=1S/C14H20N2OS/c1-3-10(4-2)13(17)9-16-11-5-7-15-12-6-8-18-14(11)12/h5-8,10,13,17H,3-4,9H2,1-2H3,(H,15,16). The molecule has 2 N–H and O–H groups in total. The van der Waals surface area contributed by atoms with Crippen molar-refractivity contribution in [1.82, 2.24) is 4.98 Å². The fraction of sp³-hybridized carbons (Fsp3) is 0.500. The number of aliphatic hydroxyl groups is 1. The Balaban J connectivity index is 2.04. The Morgan fingerprint density at radius 2 is 2.11 bits per heavy atom. The molecule has 1 atom stereocenters. The minimum Gasteiger partial charge on any atom is -0.391 e. The fourth-order valence-electron chi connectivity index (χ4n) is 2.23. The zero-order chi connectivity index (χ0) is 13.0. The number of nitrogens with one attached hydrogen (secondary N) is 1. The van der Waals surface area contributed by atoms with Crippen molar-refractivity contribution in [1.29, 1.82) is 0 Å². The van der Waals surface area contributed by atoms with E-state index in [0.29, 0.717) is 12.5 Å². The van der Waals surface area contributed by atoms with E-state index in [4.69, 9.17) is 0 Å². The van der Waals surface area contributed by atoms with Gasteiger partial charge in [0.2, 0.25) is 0 Å². The van der Waals surface area contributed by atoms with Crippen LogP contribution in [0.2, 0.25) is 0 Å². The number of pyridine rings is 1. The summed E-state index contributed by atoms with van der Waals surface area (Å²) in [5.74, 6) is 0.373. The number of aromatic nitrogens is 1. The molecule has 2 rings (SSSR count). The Labute approximate surface area is 112 Å². The van der Waals surface area contributed by atoms with Crippen molar-refractivity contribution in [2.75, 3.05) is 11.9 Å². The van der Waals surface area contributed by atoms with Crippen LogP contribution in [0.25, 0.3) is 10.2 Å². The van der Waals surface area contributed by atoms with Gasteiger partial charge in [-0.25, -0.2) is 0 Å². The Hall–Kier alpha value is -1.13. The van der Waals surface area contributed by atoms with E-state index in [1.807, 2.05) is 17.5 Å². The van der Waals surface area contributed by atoms with Gasteiger partial charge in [-0.1, -0.05) is 26.7 Å². The average Bonchev–Trinajstić information content (AvgIpc) is 2.86. The summed E-state index contributed by atoms with van der Waals surface area (Å²) >= 11 is 1.68. The van der Waals surface area contributed by atoms with Crippen molar-refractivity contribution in [2.24, 2.45) is 5.92 Å². The van der Waals surface area contributed by atoms with Gasteiger partial charge in [0.05, 0.1) is 22.0 Å². The predicted octanol–water partition coefficient (Wildman–Crippen LogP) is 3.51. The van der Waals surface area contributed by atoms with E-state index in [-0.39, 0.29) is 6.10 Å². The first-order valence-corrected chi connectivity index (χ1v) is 7.38. The Morgan fingerprint density at radius 3 is 2.83 bits per heavy atom. The van der Waals surface area contributed by atoms with Gasteiger partial charge in [-0.3, -0.25) is 4.98 Å². The van der Waals surface area contributed by atoms with E-state index < -0.39 is 0 Å². The lowest BCUT2D eigenvalue weighted by atomic mass is 9.96. The van der Waals surface area contributed by atoms with Crippen molar-refractivity contribution >= 4 is 27.2 Å². The lowest BCUT2D eigenvalue weighted by Gasteiger charge is -2.21. The summed E-state index contributed by atoms with van der Waals surface area (Å²) in [6, 6.07) is 3.99. The van der Waals surface area contributed by atoms with Gasteiger partial charge in [0.25, 0.3) is 0 Å². The van der Waals surface area contributed by atoms with Crippen molar-refractivity contribution in [3.8, 4) is 0 Å². The average molecular weight is 264 g/mol. The number of thiophene rings is 1. The summed E-state index contributed by atoms with van der Waals surface area (Å²) in [6.45, 7) is 4.85. The number of fused-ring (bicyclic) bond motifs is 1. The molecule has 0 aliphatic carbocycles. The van der Waals surface area contributed by atoms with E-state index in [1.54, 1.807) is 17.5 Å². The van der Waals surface area contributed by atoms with E-state index in [1.165, 1.54) is 0 Å². The fourth-order valence-corrected chi connectivity index (χ4v) is 3.07. The van der Waals surface area contributed by atoms with Gasteiger partial charge in [-0.2, -0.15) is 0 Å². The van der Waals surface area contributed by atoms with Gasteiger partial charge >= 0.3 is 0 Å². The maximum atomic E-state index is 10.1. The lowest BCUT2D eigenvalue weighted by Crippen LogP contribution is -2.27. The third kappa shape index (κ3) is 2.82. The molecule has 0 radical (unpaired) electrons. The third-order valence-electron chi connectivity index (χ3n) is 3.44. The summed E-state index contributed by atoms with van der Waals surface area (Å²) in [4.78, 5) is 4.30. The summed E-state index contributed by atoms with van der Waals surface area (Å²) in [6.07, 6.45) is 3.55. The molecule has 0 saturated heterocycles. The van der Waals surface area contributed by atoms with Gasteiger partial charge in [0.1, 0.15) is 0 Å². The van der Waals surface area contributed by atoms with Gasteiger partial charge in [-0.15, -0.1) is 11.3 Å². The molecular weight excluding hydrogens is 244 g/mol. The smallest absolute Gasteiger partial charge is 0.0830 e. The number of aliphatic hydroxyl groups excluding tert-OH is 1. The molecule has 0 aliphatic heterocycles. The second kappa shape index (κ2) is 6.16. The highest BCUT2D eigenvalue weighted by atomic mass is 32.1. The Kier molecular flexibility index (Phi) is 4.55.